The van der Waals surface area contributed by atoms with Gasteiger partial charge in [-0.3, -0.25) is 4.66 Å². The van der Waals surface area contributed by atoms with Crippen molar-refractivity contribution in [2.24, 2.45) is 0 Å². The first-order chi connectivity index (χ1) is 3.30. The molecule has 1 N–H and O–H groups in total. The molecule has 1 heterocycles. The van der Waals surface area contributed by atoms with E-state index in [1.165, 1.54) is 0 Å². The smallest absolute Gasteiger partial charge is 0.157 e. The Hall–Kier alpha value is 0.500. The molecule has 0 radical (unpaired) electrons. The second-order valence-electron chi connectivity index (χ2n) is 1.19. The lowest BCUT2D eigenvalue weighted by Crippen LogP contribution is -1.69. The van der Waals surface area contributed by atoms with E-state index in [9.17, 15) is 0 Å². The van der Waals surface area contributed by atoms with Crippen LogP contribution in [0.2, 0.25) is 0 Å². The van der Waals surface area contributed by atoms with Gasteiger partial charge in [0.2, 0.25) is 0 Å². The largest absolute Gasteiger partial charge is 0.353 e. The predicted octanol–water partition coefficient (Wildman–Crippen LogP) is 1.10. The Balaban J connectivity index is 0.000000162. The van der Waals surface area contributed by atoms with Gasteiger partial charge in [0, 0.05) is 0 Å². The molecular formula is C3H6Cl2O2. The Morgan fingerprint density at radius 1 is 1.57 bits per heavy atom. The Bertz CT molecular complexity index is 44.2. The lowest BCUT2D eigenvalue weighted by molar-refractivity contribution is 0.411. The van der Waals surface area contributed by atoms with Crippen molar-refractivity contribution in [3.05, 3.63) is 0 Å². The zero-order valence-corrected chi connectivity index (χ0v) is 5.28. The van der Waals surface area contributed by atoms with Crippen molar-refractivity contribution in [3.8, 4) is 0 Å². The SMILES string of the molecule is CC1O[C@H]1Cl.OCl. The first kappa shape index (κ1) is 7.50. The maximum atomic E-state index is 6.47. The van der Waals surface area contributed by atoms with E-state index in [1.807, 2.05) is 6.92 Å². The Morgan fingerprint density at radius 2 is 1.71 bits per heavy atom. The minimum atomic E-state index is 0.0231. The summed E-state index contributed by atoms with van der Waals surface area (Å²) in [4.78, 5) is 0. The second kappa shape index (κ2) is 3.50. The maximum absolute atomic E-state index is 6.47. The van der Waals surface area contributed by atoms with Crippen molar-refractivity contribution in [1.29, 1.82) is 0 Å². The van der Waals surface area contributed by atoms with Crippen LogP contribution in [0.1, 0.15) is 6.92 Å². The van der Waals surface area contributed by atoms with Gasteiger partial charge in [-0.05, 0) is 6.92 Å². The van der Waals surface area contributed by atoms with Gasteiger partial charge < -0.3 is 4.74 Å². The van der Waals surface area contributed by atoms with E-state index in [2.05, 4.69) is 16.6 Å². The van der Waals surface area contributed by atoms with Crippen molar-refractivity contribution < 1.29 is 9.40 Å². The van der Waals surface area contributed by atoms with Crippen LogP contribution in [0.5, 0.6) is 0 Å². The van der Waals surface area contributed by atoms with E-state index < -0.39 is 0 Å². The highest BCUT2D eigenvalue weighted by Crippen LogP contribution is 2.23. The molecule has 0 aromatic carbocycles. The normalized spacial score (nSPS) is 36.0. The summed E-state index contributed by atoms with van der Waals surface area (Å²) in [7, 11) is 0. The fourth-order valence-corrected chi connectivity index (χ4v) is 0.322. The number of hydrogen-bond acceptors (Lipinski definition) is 2. The molecule has 7 heavy (non-hydrogen) atoms. The van der Waals surface area contributed by atoms with E-state index in [-0.39, 0.29) is 5.56 Å². The van der Waals surface area contributed by atoms with Crippen LogP contribution in [-0.4, -0.2) is 16.3 Å². The highest BCUT2D eigenvalue weighted by molar-refractivity contribution is 6.21. The second-order valence-corrected chi connectivity index (χ2v) is 1.62. The number of alkyl halides is 1. The molecule has 0 bridgehead atoms. The van der Waals surface area contributed by atoms with Gasteiger partial charge in [0.1, 0.15) is 0 Å². The summed E-state index contributed by atoms with van der Waals surface area (Å²) < 4.78 is 11.2. The average Bonchev–Trinajstić information content (AvgIpc) is 2.27. The van der Waals surface area contributed by atoms with Gasteiger partial charge >= 0.3 is 0 Å². The summed E-state index contributed by atoms with van der Waals surface area (Å²) in [5.74, 6) is 0. The number of hydrogen-bond donors (Lipinski definition) is 1. The highest BCUT2D eigenvalue weighted by atomic mass is 35.5. The minimum Gasteiger partial charge on any atom is -0.353 e. The number of halogens is 2. The molecular weight excluding hydrogens is 139 g/mol. The van der Waals surface area contributed by atoms with Gasteiger partial charge in [-0.15, -0.1) is 0 Å². The quantitative estimate of drug-likeness (QED) is 0.409. The van der Waals surface area contributed by atoms with E-state index in [0.29, 0.717) is 6.10 Å². The molecule has 2 nitrogen and oxygen atoms in total. The first-order valence-electron chi connectivity index (χ1n) is 1.77. The lowest BCUT2D eigenvalue weighted by atomic mass is 10.6. The van der Waals surface area contributed by atoms with Crippen molar-refractivity contribution in [2.45, 2.75) is 18.6 Å². The third kappa shape index (κ3) is 3.12. The third-order valence-corrected chi connectivity index (χ3v) is 1.09. The van der Waals surface area contributed by atoms with Crippen molar-refractivity contribution in [3.63, 3.8) is 0 Å². The predicted molar refractivity (Wildman–Crippen MR) is 28.3 cm³/mol. The number of rotatable bonds is 0. The maximum Gasteiger partial charge on any atom is 0.157 e. The van der Waals surface area contributed by atoms with Crippen LogP contribution in [0.15, 0.2) is 0 Å². The third-order valence-electron chi connectivity index (χ3n) is 0.637. The summed E-state index contributed by atoms with van der Waals surface area (Å²) >= 11 is 8.95. The summed E-state index contributed by atoms with van der Waals surface area (Å²) in [6.07, 6.45) is 0.316. The van der Waals surface area contributed by atoms with Crippen LogP contribution >= 0.6 is 23.5 Å². The monoisotopic (exact) mass is 144 g/mol. The minimum absolute atomic E-state index is 0.0231. The van der Waals surface area contributed by atoms with Crippen LogP contribution in [0.4, 0.5) is 0 Å². The molecule has 4 heteroatoms. The Labute approximate surface area is 52.2 Å². The van der Waals surface area contributed by atoms with Gasteiger partial charge in [0.05, 0.1) is 18.0 Å². The number of epoxide rings is 1. The summed E-state index contributed by atoms with van der Waals surface area (Å²) in [6.45, 7) is 1.94. The van der Waals surface area contributed by atoms with E-state index in [0.717, 1.165) is 0 Å². The molecule has 44 valence electrons. The standard InChI is InChI=1S/C3H5ClO.ClHO/c1-2-3(4)5-2;1-2/h2-3H,1H3;2H/t2?,3-;/m1./s1. The van der Waals surface area contributed by atoms with Gasteiger partial charge in [-0.2, -0.15) is 0 Å². The molecule has 1 aliphatic heterocycles. The molecule has 1 unspecified atom stereocenters. The average molecular weight is 145 g/mol. The molecule has 0 saturated carbocycles. The molecule has 1 rings (SSSR count). The van der Waals surface area contributed by atoms with E-state index >= 15 is 0 Å². The molecule has 1 fully saturated rings. The fraction of sp³-hybridized carbons (Fsp3) is 1.00. The van der Waals surface area contributed by atoms with Gasteiger partial charge in [-0.1, -0.05) is 11.6 Å². The fourth-order valence-electron chi connectivity index (χ4n) is 0.160. The summed E-state index contributed by atoms with van der Waals surface area (Å²) in [5, 5.41) is 0. The van der Waals surface area contributed by atoms with Crippen LogP contribution in [-0.2, 0) is 4.74 Å². The zero-order chi connectivity index (χ0) is 5.86. The van der Waals surface area contributed by atoms with Crippen LogP contribution in [0.3, 0.4) is 0 Å². The molecule has 1 aliphatic rings. The van der Waals surface area contributed by atoms with E-state index in [4.69, 9.17) is 16.3 Å². The lowest BCUT2D eigenvalue weighted by Gasteiger charge is -1.55. The molecule has 0 spiro atoms. The Kier molecular flexibility index (Phi) is 3.75. The number of ether oxygens (including phenoxy) is 1. The summed E-state index contributed by atoms with van der Waals surface area (Å²) in [6, 6.07) is 0. The molecule has 0 amide bonds. The summed E-state index contributed by atoms with van der Waals surface area (Å²) in [5.41, 5.74) is 0.0231. The van der Waals surface area contributed by atoms with Gasteiger partial charge in [0.15, 0.2) is 5.56 Å². The van der Waals surface area contributed by atoms with Crippen molar-refractivity contribution in [1.82, 2.24) is 0 Å². The van der Waals surface area contributed by atoms with Gasteiger partial charge in [0.25, 0.3) is 0 Å². The zero-order valence-electron chi connectivity index (χ0n) is 3.77. The molecule has 0 aliphatic carbocycles. The molecule has 2 atom stereocenters. The first-order valence-corrected chi connectivity index (χ1v) is 2.54. The molecule has 1 saturated heterocycles. The highest BCUT2D eigenvalue weighted by Gasteiger charge is 2.30. The topological polar surface area (TPSA) is 32.8 Å². The van der Waals surface area contributed by atoms with Gasteiger partial charge in [-0.25, -0.2) is 0 Å². The molecule has 0 aromatic rings. The Morgan fingerprint density at radius 3 is 1.71 bits per heavy atom. The molecule has 0 aromatic heterocycles. The van der Waals surface area contributed by atoms with Crippen LogP contribution < -0.4 is 0 Å². The van der Waals surface area contributed by atoms with Crippen molar-refractivity contribution >= 4 is 23.5 Å². The van der Waals surface area contributed by atoms with E-state index in [1.54, 1.807) is 0 Å². The van der Waals surface area contributed by atoms with Crippen molar-refractivity contribution in [2.75, 3.05) is 0 Å². The van der Waals surface area contributed by atoms with Crippen LogP contribution in [0.25, 0.3) is 0 Å². The van der Waals surface area contributed by atoms with Crippen LogP contribution in [0, 0.1) is 0 Å².